The van der Waals surface area contributed by atoms with Crippen LogP contribution in [0.2, 0.25) is 0 Å². The van der Waals surface area contributed by atoms with Crippen molar-refractivity contribution in [3.05, 3.63) is 56.7 Å². The van der Waals surface area contributed by atoms with E-state index in [-0.39, 0.29) is 0 Å². The van der Waals surface area contributed by atoms with Crippen molar-refractivity contribution in [3.8, 4) is 6.07 Å². The zero-order valence-corrected chi connectivity index (χ0v) is 10.8. The Morgan fingerprint density at radius 1 is 1.19 bits per heavy atom. The molecule has 0 amide bonds. The fraction of sp³-hybridized carbons (Fsp3) is 0. The number of nitrogens with zero attached hydrogens (tertiary/aromatic N) is 1. The SMILES string of the molecule is N#C/C(=C\c1ccc(Br)s1)c1ccccc1. The van der Waals surface area contributed by atoms with E-state index in [0.717, 1.165) is 14.2 Å². The summed E-state index contributed by atoms with van der Waals surface area (Å²) in [6, 6.07) is 15.9. The minimum atomic E-state index is 0.690. The monoisotopic (exact) mass is 289 g/mol. The summed E-state index contributed by atoms with van der Waals surface area (Å²) in [6.07, 6.45) is 1.91. The maximum absolute atomic E-state index is 9.12. The highest BCUT2D eigenvalue weighted by Crippen LogP contribution is 2.26. The molecule has 3 heteroatoms. The molecule has 0 aliphatic heterocycles. The number of halogens is 1. The number of allylic oxidation sites excluding steroid dienone is 1. The first-order valence-electron chi connectivity index (χ1n) is 4.72. The molecule has 16 heavy (non-hydrogen) atoms. The molecule has 0 N–H and O–H groups in total. The van der Waals surface area contributed by atoms with Crippen LogP contribution < -0.4 is 0 Å². The van der Waals surface area contributed by atoms with Crippen LogP contribution in [0.1, 0.15) is 10.4 Å². The van der Waals surface area contributed by atoms with Crippen LogP contribution in [0.15, 0.2) is 46.3 Å². The molecule has 0 saturated heterocycles. The lowest BCUT2D eigenvalue weighted by molar-refractivity contribution is 1.52. The van der Waals surface area contributed by atoms with E-state index in [4.69, 9.17) is 5.26 Å². The summed E-state index contributed by atoms with van der Waals surface area (Å²) in [5, 5.41) is 9.12. The number of benzene rings is 1. The first-order valence-corrected chi connectivity index (χ1v) is 6.33. The van der Waals surface area contributed by atoms with Crippen LogP contribution in [0.5, 0.6) is 0 Å². The predicted octanol–water partition coefficient (Wildman–Crippen LogP) is 4.57. The molecule has 0 atom stereocenters. The van der Waals surface area contributed by atoms with Gasteiger partial charge in [0.2, 0.25) is 0 Å². The van der Waals surface area contributed by atoms with E-state index in [1.807, 2.05) is 48.5 Å². The molecule has 0 bridgehead atoms. The lowest BCUT2D eigenvalue weighted by atomic mass is 10.1. The van der Waals surface area contributed by atoms with E-state index < -0.39 is 0 Å². The van der Waals surface area contributed by atoms with E-state index in [0.29, 0.717) is 5.57 Å². The summed E-state index contributed by atoms with van der Waals surface area (Å²) in [4.78, 5) is 1.08. The molecule has 0 radical (unpaired) electrons. The van der Waals surface area contributed by atoms with Gasteiger partial charge in [-0.15, -0.1) is 11.3 Å². The average Bonchev–Trinajstić information content (AvgIpc) is 2.73. The van der Waals surface area contributed by atoms with Crippen molar-refractivity contribution in [1.82, 2.24) is 0 Å². The van der Waals surface area contributed by atoms with Crippen LogP contribution in [0.25, 0.3) is 11.6 Å². The van der Waals surface area contributed by atoms with Crippen molar-refractivity contribution in [3.63, 3.8) is 0 Å². The molecule has 0 saturated carbocycles. The van der Waals surface area contributed by atoms with Gasteiger partial charge in [0.1, 0.15) is 0 Å². The second kappa shape index (κ2) is 5.11. The average molecular weight is 290 g/mol. The second-order valence-electron chi connectivity index (χ2n) is 3.18. The third kappa shape index (κ3) is 2.60. The van der Waals surface area contributed by atoms with Gasteiger partial charge in [-0.2, -0.15) is 5.26 Å². The predicted molar refractivity (Wildman–Crippen MR) is 71.9 cm³/mol. The Morgan fingerprint density at radius 3 is 2.50 bits per heavy atom. The Labute approximate surface area is 107 Å². The number of rotatable bonds is 2. The lowest BCUT2D eigenvalue weighted by Gasteiger charge is -1.96. The van der Waals surface area contributed by atoms with Crippen molar-refractivity contribution < 1.29 is 0 Å². The van der Waals surface area contributed by atoms with Crippen LogP contribution in [-0.4, -0.2) is 0 Å². The van der Waals surface area contributed by atoms with Crippen LogP contribution >= 0.6 is 27.3 Å². The fourth-order valence-electron chi connectivity index (χ4n) is 1.35. The molecule has 0 unspecified atom stereocenters. The van der Waals surface area contributed by atoms with Gasteiger partial charge < -0.3 is 0 Å². The molecule has 0 spiro atoms. The van der Waals surface area contributed by atoms with E-state index >= 15 is 0 Å². The molecular formula is C13H8BrNS. The smallest absolute Gasteiger partial charge is 0.0998 e. The van der Waals surface area contributed by atoms with Crippen molar-refractivity contribution in [1.29, 1.82) is 5.26 Å². The highest BCUT2D eigenvalue weighted by Gasteiger charge is 2.01. The Kier molecular flexibility index (Phi) is 3.55. The summed E-state index contributed by atoms with van der Waals surface area (Å²) in [5.74, 6) is 0. The Morgan fingerprint density at radius 2 is 1.94 bits per heavy atom. The molecule has 0 aliphatic rings. The molecule has 1 heterocycles. The Balaban J connectivity index is 2.38. The maximum atomic E-state index is 9.12. The molecule has 2 aromatic rings. The summed E-state index contributed by atoms with van der Waals surface area (Å²) in [6.45, 7) is 0. The minimum absolute atomic E-state index is 0.690. The number of hydrogen-bond donors (Lipinski definition) is 0. The minimum Gasteiger partial charge on any atom is -0.192 e. The van der Waals surface area contributed by atoms with Crippen LogP contribution in [0.4, 0.5) is 0 Å². The van der Waals surface area contributed by atoms with Crippen LogP contribution in [0.3, 0.4) is 0 Å². The van der Waals surface area contributed by atoms with Crippen molar-refractivity contribution >= 4 is 38.9 Å². The van der Waals surface area contributed by atoms with Gasteiger partial charge in [-0.25, -0.2) is 0 Å². The van der Waals surface area contributed by atoms with E-state index in [1.54, 1.807) is 11.3 Å². The third-order valence-electron chi connectivity index (χ3n) is 2.09. The van der Waals surface area contributed by atoms with E-state index in [2.05, 4.69) is 22.0 Å². The normalized spacial score (nSPS) is 11.1. The number of hydrogen-bond acceptors (Lipinski definition) is 2. The maximum Gasteiger partial charge on any atom is 0.0998 e. The molecule has 1 nitrogen and oxygen atoms in total. The molecule has 78 valence electrons. The molecule has 1 aromatic heterocycles. The van der Waals surface area contributed by atoms with Gasteiger partial charge in [0.15, 0.2) is 0 Å². The molecular weight excluding hydrogens is 282 g/mol. The number of thiophene rings is 1. The van der Waals surface area contributed by atoms with Gasteiger partial charge in [0, 0.05) is 4.88 Å². The largest absolute Gasteiger partial charge is 0.192 e. The molecule has 0 aliphatic carbocycles. The zero-order valence-electron chi connectivity index (χ0n) is 8.35. The molecule has 0 fully saturated rings. The van der Waals surface area contributed by atoms with Gasteiger partial charge in [0.05, 0.1) is 15.4 Å². The lowest BCUT2D eigenvalue weighted by Crippen LogP contribution is -1.79. The zero-order chi connectivity index (χ0) is 11.4. The highest BCUT2D eigenvalue weighted by molar-refractivity contribution is 9.11. The summed E-state index contributed by atoms with van der Waals surface area (Å²) >= 11 is 5.02. The van der Waals surface area contributed by atoms with Gasteiger partial charge in [-0.1, -0.05) is 30.3 Å². The molecule has 1 aromatic carbocycles. The first kappa shape index (κ1) is 11.1. The quantitative estimate of drug-likeness (QED) is 0.743. The van der Waals surface area contributed by atoms with Crippen molar-refractivity contribution in [2.75, 3.05) is 0 Å². The van der Waals surface area contributed by atoms with Crippen LogP contribution in [0, 0.1) is 11.3 Å². The van der Waals surface area contributed by atoms with Crippen molar-refractivity contribution in [2.24, 2.45) is 0 Å². The summed E-state index contributed by atoms with van der Waals surface area (Å²) in [7, 11) is 0. The topological polar surface area (TPSA) is 23.8 Å². The van der Waals surface area contributed by atoms with Gasteiger partial charge in [-0.3, -0.25) is 0 Å². The van der Waals surface area contributed by atoms with Crippen LogP contribution in [-0.2, 0) is 0 Å². The van der Waals surface area contributed by atoms with Gasteiger partial charge in [0.25, 0.3) is 0 Å². The van der Waals surface area contributed by atoms with Gasteiger partial charge in [-0.05, 0) is 39.7 Å². The van der Waals surface area contributed by atoms with Crippen molar-refractivity contribution in [2.45, 2.75) is 0 Å². The number of nitriles is 1. The third-order valence-corrected chi connectivity index (χ3v) is 3.66. The Bertz CT molecular complexity index is 549. The highest BCUT2D eigenvalue weighted by atomic mass is 79.9. The summed E-state index contributed by atoms with van der Waals surface area (Å²) in [5.41, 5.74) is 1.64. The molecule has 2 rings (SSSR count). The summed E-state index contributed by atoms with van der Waals surface area (Å²) < 4.78 is 1.07. The standard InChI is InChI=1S/C13H8BrNS/c14-13-7-6-12(16-13)8-11(9-15)10-4-2-1-3-5-10/h1-8H/b11-8+. The fourth-order valence-corrected chi connectivity index (χ4v) is 2.71. The van der Waals surface area contributed by atoms with Gasteiger partial charge >= 0.3 is 0 Å². The van der Waals surface area contributed by atoms with E-state index in [9.17, 15) is 0 Å². The second-order valence-corrected chi connectivity index (χ2v) is 5.67. The first-order chi connectivity index (χ1) is 7.79. The Hall–Kier alpha value is -1.37. The van der Waals surface area contributed by atoms with E-state index in [1.165, 1.54) is 0 Å².